The summed E-state index contributed by atoms with van der Waals surface area (Å²) in [5.74, 6) is -0.523. The fourth-order valence-electron chi connectivity index (χ4n) is 0.686. The molecule has 3 N–H and O–H groups in total. The van der Waals surface area contributed by atoms with E-state index in [9.17, 15) is 9.59 Å². The van der Waals surface area contributed by atoms with Gasteiger partial charge in [0.15, 0.2) is 0 Å². The van der Waals surface area contributed by atoms with Crippen LogP contribution in [0.5, 0.6) is 0 Å². The number of hydrogen-bond acceptors (Lipinski definition) is 3. The number of rotatable bonds is 1. The Bertz CT molecular complexity index is 312. The Morgan fingerprint density at radius 2 is 1.85 bits per heavy atom. The van der Waals surface area contributed by atoms with Gasteiger partial charge >= 0.3 is 6.09 Å². The van der Waals surface area contributed by atoms with E-state index in [0.717, 1.165) is 0 Å². The van der Waals surface area contributed by atoms with Gasteiger partial charge in [-0.15, -0.1) is 0 Å². The maximum atomic E-state index is 11.1. The van der Waals surface area contributed by atoms with Crippen LogP contribution in [0, 0.1) is 0 Å². The van der Waals surface area contributed by atoms with Crippen molar-refractivity contribution in [3.63, 3.8) is 0 Å². The smallest absolute Gasteiger partial charge is 0.423 e. The number of nitrogens with zero attached hydrogens (tertiary/aromatic N) is 1. The van der Waals surface area contributed by atoms with Crippen molar-refractivity contribution < 1.29 is 14.7 Å². The Kier molecular flexibility index (Phi) is 2.80. The predicted molar refractivity (Wildman–Crippen MR) is 42.9 cm³/mol. The lowest BCUT2D eigenvalue weighted by Gasteiger charge is -2.02. The van der Waals surface area contributed by atoms with Crippen molar-refractivity contribution in [2.45, 2.75) is 0 Å². The number of hydrazine groups is 1. The Hall–Kier alpha value is -2.11. The van der Waals surface area contributed by atoms with E-state index < -0.39 is 12.0 Å². The minimum Gasteiger partial charge on any atom is -0.464 e. The molecule has 1 rings (SSSR count). The molecule has 0 saturated carbocycles. The third kappa shape index (κ3) is 2.78. The van der Waals surface area contributed by atoms with Gasteiger partial charge in [0.05, 0.1) is 0 Å². The van der Waals surface area contributed by atoms with Crippen molar-refractivity contribution >= 4 is 12.0 Å². The van der Waals surface area contributed by atoms with Crippen LogP contribution in [0.2, 0.25) is 0 Å². The second-order valence-corrected chi connectivity index (χ2v) is 2.12. The van der Waals surface area contributed by atoms with E-state index in [-0.39, 0.29) is 0 Å². The van der Waals surface area contributed by atoms with E-state index in [1.807, 2.05) is 5.43 Å². The molecule has 13 heavy (non-hydrogen) atoms. The first kappa shape index (κ1) is 8.98. The lowest BCUT2D eigenvalue weighted by atomic mass is 10.3. The van der Waals surface area contributed by atoms with E-state index in [4.69, 9.17) is 5.11 Å². The van der Waals surface area contributed by atoms with Crippen LogP contribution in [-0.2, 0) is 0 Å². The lowest BCUT2D eigenvalue weighted by Crippen LogP contribution is -2.40. The number of hydrogen-bond donors (Lipinski definition) is 3. The molecule has 0 aromatic carbocycles. The van der Waals surface area contributed by atoms with Gasteiger partial charge in [-0.2, -0.15) is 0 Å². The molecule has 0 aliphatic heterocycles. The molecule has 1 aromatic heterocycles. The molecular formula is C7H7N3O3. The van der Waals surface area contributed by atoms with Crippen LogP contribution in [0.3, 0.4) is 0 Å². The molecule has 1 aromatic rings. The summed E-state index contributed by atoms with van der Waals surface area (Å²) in [5.41, 5.74) is 4.06. The molecule has 1 heterocycles. The van der Waals surface area contributed by atoms with Gasteiger partial charge in [-0.3, -0.25) is 15.2 Å². The zero-order chi connectivity index (χ0) is 9.68. The molecule has 6 heteroatoms. The monoisotopic (exact) mass is 181 g/mol. The summed E-state index contributed by atoms with van der Waals surface area (Å²) in [4.78, 5) is 24.8. The molecule has 0 saturated heterocycles. The van der Waals surface area contributed by atoms with Crippen LogP contribution >= 0.6 is 0 Å². The van der Waals surface area contributed by atoms with Gasteiger partial charge in [-0.05, 0) is 12.1 Å². The maximum absolute atomic E-state index is 11.1. The number of pyridine rings is 1. The second kappa shape index (κ2) is 4.05. The van der Waals surface area contributed by atoms with Gasteiger partial charge in [-0.25, -0.2) is 10.2 Å². The second-order valence-electron chi connectivity index (χ2n) is 2.12. The molecule has 0 unspecified atom stereocenters. The molecule has 2 amide bonds. The normalized spacial score (nSPS) is 8.92. The van der Waals surface area contributed by atoms with Crippen molar-refractivity contribution in [1.82, 2.24) is 15.8 Å². The standard InChI is InChI=1S/C7H7N3O3/c11-6(9-10-7(12)13)5-1-3-8-4-2-5/h1-4,10H,(H,9,11)(H,12,13). The predicted octanol–water partition coefficient (Wildman–Crippen LogP) is -0.00600. The Balaban J connectivity index is 2.54. The van der Waals surface area contributed by atoms with Gasteiger partial charge in [-0.1, -0.05) is 0 Å². The van der Waals surface area contributed by atoms with Crippen molar-refractivity contribution in [2.75, 3.05) is 0 Å². The molecular weight excluding hydrogens is 174 g/mol. The van der Waals surface area contributed by atoms with Crippen LogP contribution in [0.25, 0.3) is 0 Å². The number of carbonyl (C=O) groups excluding carboxylic acids is 1. The largest absolute Gasteiger partial charge is 0.464 e. The SMILES string of the molecule is O=C(O)NNC(=O)c1ccncc1. The number of nitrogens with one attached hydrogen (secondary N) is 2. The Morgan fingerprint density at radius 1 is 1.23 bits per heavy atom. The minimum absolute atomic E-state index is 0.337. The van der Waals surface area contributed by atoms with Gasteiger partial charge in [0.25, 0.3) is 5.91 Å². The summed E-state index contributed by atoms with van der Waals surface area (Å²) in [6.45, 7) is 0. The Labute approximate surface area is 73.6 Å². The van der Waals surface area contributed by atoms with Crippen LogP contribution in [0.4, 0.5) is 4.79 Å². The highest BCUT2D eigenvalue weighted by Gasteiger charge is 2.04. The number of carboxylic acid groups (broad SMARTS) is 1. The van der Waals surface area contributed by atoms with E-state index in [1.54, 1.807) is 5.43 Å². The van der Waals surface area contributed by atoms with Crippen LogP contribution < -0.4 is 10.9 Å². The molecule has 0 atom stereocenters. The average molecular weight is 181 g/mol. The quantitative estimate of drug-likeness (QED) is 0.531. The first-order valence-corrected chi connectivity index (χ1v) is 3.39. The highest BCUT2D eigenvalue weighted by molar-refractivity contribution is 5.94. The molecule has 0 fully saturated rings. The fraction of sp³-hybridized carbons (Fsp3) is 0. The molecule has 0 aliphatic carbocycles. The average Bonchev–Trinajstić information content (AvgIpc) is 2.15. The summed E-state index contributed by atoms with van der Waals surface area (Å²) in [6, 6.07) is 2.94. The van der Waals surface area contributed by atoms with Crippen LogP contribution in [-0.4, -0.2) is 22.1 Å². The number of carbonyl (C=O) groups is 2. The summed E-state index contributed by atoms with van der Waals surface area (Å²) >= 11 is 0. The highest BCUT2D eigenvalue weighted by atomic mass is 16.4. The maximum Gasteiger partial charge on any atom is 0.423 e. The zero-order valence-corrected chi connectivity index (χ0v) is 6.52. The first-order valence-electron chi connectivity index (χ1n) is 3.39. The van der Waals surface area contributed by atoms with Crippen molar-refractivity contribution in [3.05, 3.63) is 30.1 Å². The van der Waals surface area contributed by atoms with Crippen LogP contribution in [0.15, 0.2) is 24.5 Å². The van der Waals surface area contributed by atoms with E-state index >= 15 is 0 Å². The molecule has 0 radical (unpaired) electrons. The third-order valence-corrected chi connectivity index (χ3v) is 1.23. The molecule has 0 aliphatic rings. The van der Waals surface area contributed by atoms with Gasteiger partial charge < -0.3 is 5.11 Å². The zero-order valence-electron chi connectivity index (χ0n) is 6.52. The molecule has 0 bridgehead atoms. The van der Waals surface area contributed by atoms with Crippen LogP contribution in [0.1, 0.15) is 10.4 Å². The number of amides is 2. The highest BCUT2D eigenvalue weighted by Crippen LogP contribution is 1.93. The molecule has 6 nitrogen and oxygen atoms in total. The van der Waals surface area contributed by atoms with E-state index in [2.05, 4.69) is 4.98 Å². The molecule has 0 spiro atoms. The topological polar surface area (TPSA) is 91.3 Å². The molecule has 68 valence electrons. The van der Waals surface area contributed by atoms with Gasteiger partial charge in [0.2, 0.25) is 0 Å². The minimum atomic E-state index is -1.32. The van der Waals surface area contributed by atoms with Crippen molar-refractivity contribution in [3.8, 4) is 0 Å². The summed E-state index contributed by atoms with van der Waals surface area (Å²) in [5, 5.41) is 8.17. The lowest BCUT2D eigenvalue weighted by molar-refractivity contribution is 0.0926. The van der Waals surface area contributed by atoms with Gasteiger partial charge in [0, 0.05) is 18.0 Å². The Morgan fingerprint density at radius 3 is 2.38 bits per heavy atom. The number of aromatic nitrogens is 1. The fourth-order valence-corrected chi connectivity index (χ4v) is 0.686. The van der Waals surface area contributed by atoms with Gasteiger partial charge in [0.1, 0.15) is 0 Å². The van der Waals surface area contributed by atoms with E-state index in [1.165, 1.54) is 24.5 Å². The summed E-state index contributed by atoms with van der Waals surface area (Å²) in [6.07, 6.45) is 1.56. The summed E-state index contributed by atoms with van der Waals surface area (Å²) < 4.78 is 0. The van der Waals surface area contributed by atoms with E-state index in [0.29, 0.717) is 5.56 Å². The first-order chi connectivity index (χ1) is 6.20. The third-order valence-electron chi connectivity index (χ3n) is 1.23. The summed E-state index contributed by atoms with van der Waals surface area (Å²) in [7, 11) is 0. The van der Waals surface area contributed by atoms with Crippen molar-refractivity contribution in [2.24, 2.45) is 0 Å². The van der Waals surface area contributed by atoms with Crippen molar-refractivity contribution in [1.29, 1.82) is 0 Å².